The molecule has 0 radical (unpaired) electrons. The molecule has 0 aliphatic heterocycles. The molecule has 0 fully saturated rings. The van der Waals surface area contributed by atoms with E-state index in [2.05, 4.69) is 18.4 Å². The molecule has 0 atom stereocenters. The van der Waals surface area contributed by atoms with Gasteiger partial charge in [0.2, 0.25) is 0 Å². The molecule has 206 valence electrons. The lowest BCUT2D eigenvalue weighted by molar-refractivity contribution is -0.211. The van der Waals surface area contributed by atoms with Gasteiger partial charge in [-0.15, -0.1) is 0 Å². The molecular formula is C20H18O15S3. The third-order valence-electron chi connectivity index (χ3n) is 3.71. The van der Waals surface area contributed by atoms with Crippen LogP contribution in [0.3, 0.4) is 0 Å². The number of benzene rings is 2. The normalized spacial score (nSPS) is 11.4. The molecule has 0 aliphatic rings. The van der Waals surface area contributed by atoms with Crippen molar-refractivity contribution in [3.63, 3.8) is 0 Å². The quantitative estimate of drug-likeness (QED) is 0.0918. The summed E-state index contributed by atoms with van der Waals surface area (Å²) >= 11 is 0. The number of terminal acetylenes is 2. The molecule has 2 rings (SSSR count). The van der Waals surface area contributed by atoms with Gasteiger partial charge in [0.15, 0.2) is 23.0 Å². The van der Waals surface area contributed by atoms with E-state index in [1.54, 1.807) is 0 Å². The first-order valence-corrected chi connectivity index (χ1v) is 13.6. The minimum atomic E-state index is -4.81. The highest BCUT2D eigenvalue weighted by Crippen LogP contribution is 2.34. The Kier molecular flexibility index (Phi) is 11.7. The molecule has 0 amide bonds. The van der Waals surface area contributed by atoms with E-state index >= 15 is 0 Å². The Morgan fingerprint density at radius 1 is 0.684 bits per heavy atom. The van der Waals surface area contributed by atoms with Crippen LogP contribution in [0.2, 0.25) is 0 Å². The molecule has 0 spiro atoms. The molecule has 15 nitrogen and oxygen atoms in total. The molecular weight excluding hydrogens is 576 g/mol. The van der Waals surface area contributed by atoms with Gasteiger partial charge in [0.25, 0.3) is 0 Å². The highest BCUT2D eigenvalue weighted by Gasteiger charge is 2.16. The van der Waals surface area contributed by atoms with Gasteiger partial charge in [0, 0.05) is 21.9 Å². The Morgan fingerprint density at radius 2 is 1.08 bits per heavy atom. The molecule has 0 bridgehead atoms. The molecule has 0 heterocycles. The van der Waals surface area contributed by atoms with Gasteiger partial charge in [-0.1, -0.05) is 21.5 Å². The lowest BCUT2D eigenvalue weighted by atomic mass is 10.3. The number of hydrogen-bond donors (Lipinski definition) is 2. The lowest BCUT2D eigenvalue weighted by Crippen LogP contribution is -2.11. The zero-order valence-corrected chi connectivity index (χ0v) is 21.3. The largest absolute Gasteiger partial charge is 0.487 e. The van der Waals surface area contributed by atoms with Crippen molar-refractivity contribution < 1.29 is 67.5 Å². The van der Waals surface area contributed by atoms with Crippen molar-refractivity contribution in [3.8, 4) is 48.1 Å². The smallest absolute Gasteiger partial charge is 0.424 e. The van der Waals surface area contributed by atoms with Gasteiger partial charge >= 0.3 is 20.8 Å². The standard InChI is InChI=1S/C20H18O15S3/c1-3-28-17-7-5-15(13-19(17)30-9-11-32-34-37(22,23)24)36(21)16-6-8-18(29-4-2)20(14-16)31-10-12-33-35-38(25,26)27/h1-2,5-8,13-14H,9-12H2,(H,22,23,24)(H,25,26,27). The van der Waals surface area contributed by atoms with Crippen LogP contribution in [0.1, 0.15) is 0 Å². The summed E-state index contributed by atoms with van der Waals surface area (Å²) in [4.78, 5) is 8.96. The van der Waals surface area contributed by atoms with Crippen molar-refractivity contribution in [2.75, 3.05) is 26.4 Å². The monoisotopic (exact) mass is 594 g/mol. The van der Waals surface area contributed by atoms with Gasteiger partial charge in [0.1, 0.15) is 38.6 Å². The first-order chi connectivity index (χ1) is 17.9. The van der Waals surface area contributed by atoms with Gasteiger partial charge in [0.05, 0.1) is 10.8 Å². The second-order valence-electron chi connectivity index (χ2n) is 6.26. The summed E-state index contributed by atoms with van der Waals surface area (Å²) in [6.07, 6.45) is 14.2. The van der Waals surface area contributed by atoms with E-state index in [1.807, 2.05) is 12.2 Å². The van der Waals surface area contributed by atoms with Crippen LogP contribution < -0.4 is 18.9 Å². The summed E-state index contributed by atoms with van der Waals surface area (Å²) in [5.74, 6) is 0.170. The van der Waals surface area contributed by atoms with Crippen LogP contribution in [0.15, 0.2) is 46.2 Å². The molecule has 2 N–H and O–H groups in total. The van der Waals surface area contributed by atoms with Crippen LogP contribution in [0, 0.1) is 25.1 Å². The topological polar surface area (TPSA) is 200 Å². The summed E-state index contributed by atoms with van der Waals surface area (Å²) in [5.41, 5.74) is 0. The summed E-state index contributed by atoms with van der Waals surface area (Å²) in [6, 6.07) is 8.27. The Morgan fingerprint density at radius 3 is 1.42 bits per heavy atom. The highest BCUT2D eigenvalue weighted by molar-refractivity contribution is 7.85. The zero-order chi connectivity index (χ0) is 28.2. The fourth-order valence-corrected chi connectivity index (χ4v) is 3.89. The Bertz CT molecular complexity index is 1320. The Balaban J connectivity index is 2.18. The molecule has 2 aromatic rings. The lowest BCUT2D eigenvalue weighted by Gasteiger charge is -2.13. The highest BCUT2D eigenvalue weighted by atomic mass is 32.3. The maximum Gasteiger partial charge on any atom is 0.424 e. The van der Waals surface area contributed by atoms with Crippen molar-refractivity contribution in [1.82, 2.24) is 0 Å². The average Bonchev–Trinajstić information content (AvgIpc) is 2.83. The van der Waals surface area contributed by atoms with Crippen LogP contribution in [-0.4, -0.2) is 56.6 Å². The molecule has 0 saturated heterocycles. The van der Waals surface area contributed by atoms with Crippen molar-refractivity contribution in [2.24, 2.45) is 0 Å². The first kappa shape index (κ1) is 30.8. The van der Waals surface area contributed by atoms with Gasteiger partial charge < -0.3 is 18.9 Å². The number of hydrogen-bond acceptors (Lipinski definition) is 13. The van der Waals surface area contributed by atoms with Crippen LogP contribution in [0.5, 0.6) is 23.0 Å². The van der Waals surface area contributed by atoms with Crippen LogP contribution in [0.4, 0.5) is 0 Å². The van der Waals surface area contributed by atoms with E-state index in [-0.39, 0.29) is 46.0 Å². The zero-order valence-electron chi connectivity index (χ0n) is 18.9. The summed E-state index contributed by atoms with van der Waals surface area (Å²) in [6.45, 7) is -1.43. The molecule has 18 heteroatoms. The van der Waals surface area contributed by atoms with Crippen molar-refractivity contribution >= 4 is 31.6 Å². The van der Waals surface area contributed by atoms with Crippen LogP contribution in [-0.2, 0) is 50.0 Å². The minimum Gasteiger partial charge on any atom is -0.487 e. The summed E-state index contributed by atoms with van der Waals surface area (Å²) in [5, 5.41) is 0. The fourth-order valence-electron chi connectivity index (χ4n) is 2.43. The molecule has 0 aliphatic carbocycles. The molecule has 0 saturated carbocycles. The predicted molar refractivity (Wildman–Crippen MR) is 125 cm³/mol. The van der Waals surface area contributed by atoms with Gasteiger partial charge in [-0.3, -0.25) is 9.11 Å². The third kappa shape index (κ3) is 10.9. The van der Waals surface area contributed by atoms with E-state index in [9.17, 15) is 21.0 Å². The van der Waals surface area contributed by atoms with E-state index in [0.717, 1.165) is 0 Å². The van der Waals surface area contributed by atoms with Gasteiger partial charge in [-0.2, -0.15) is 16.8 Å². The van der Waals surface area contributed by atoms with Crippen LogP contribution in [0.25, 0.3) is 0 Å². The van der Waals surface area contributed by atoms with E-state index < -0.39 is 44.8 Å². The molecule has 0 unspecified atom stereocenters. The molecule has 38 heavy (non-hydrogen) atoms. The fraction of sp³-hybridized carbons (Fsp3) is 0.200. The molecule has 2 aromatic carbocycles. The van der Waals surface area contributed by atoms with E-state index in [4.69, 9.17) is 40.9 Å². The van der Waals surface area contributed by atoms with E-state index in [0.29, 0.717) is 0 Å². The summed E-state index contributed by atoms with van der Waals surface area (Å²) in [7, 11) is -11.5. The predicted octanol–water partition coefficient (Wildman–Crippen LogP) is 1.05. The minimum absolute atomic E-state index is 0.0176. The number of rotatable bonds is 16. The van der Waals surface area contributed by atoms with Crippen LogP contribution >= 0.6 is 0 Å². The number of ether oxygens (including phenoxy) is 4. The van der Waals surface area contributed by atoms with Gasteiger partial charge in [-0.25, -0.2) is 14.0 Å². The maximum absolute atomic E-state index is 13.2. The van der Waals surface area contributed by atoms with E-state index in [1.165, 1.54) is 36.4 Å². The van der Waals surface area contributed by atoms with Crippen molar-refractivity contribution in [3.05, 3.63) is 36.4 Å². The Hall–Kier alpha value is -3.43. The van der Waals surface area contributed by atoms with Crippen molar-refractivity contribution in [2.45, 2.75) is 9.79 Å². The van der Waals surface area contributed by atoms with Gasteiger partial charge in [-0.05, 0) is 24.3 Å². The SMILES string of the molecule is C#COc1ccc(S(=O)c2ccc(OC#C)c(OCCOOS(=O)(=O)O)c2)cc1OCCOOS(=O)(=O)O. The second kappa shape index (κ2) is 14.5. The first-order valence-electron chi connectivity index (χ1n) is 9.71. The maximum atomic E-state index is 13.2. The Labute approximate surface area is 219 Å². The van der Waals surface area contributed by atoms with Crippen molar-refractivity contribution in [1.29, 1.82) is 0 Å². The second-order valence-corrected chi connectivity index (χ2v) is 9.72. The third-order valence-corrected chi connectivity index (χ3v) is 5.61. The molecule has 0 aromatic heterocycles. The average molecular weight is 595 g/mol. The summed E-state index contributed by atoms with van der Waals surface area (Å²) < 4.78 is 100.